The number of benzene rings is 1. The molecule has 2 nitrogen and oxygen atoms in total. The summed E-state index contributed by atoms with van der Waals surface area (Å²) >= 11 is 8.49. The Kier molecular flexibility index (Phi) is 3.74. The zero-order valence-electron chi connectivity index (χ0n) is 8.42. The van der Waals surface area contributed by atoms with Gasteiger partial charge in [-0.3, -0.25) is 0 Å². The lowest BCUT2D eigenvalue weighted by Gasteiger charge is -2.32. The van der Waals surface area contributed by atoms with Crippen molar-refractivity contribution in [3.05, 3.63) is 26.8 Å². The van der Waals surface area contributed by atoms with E-state index in [-0.39, 0.29) is 0 Å². The van der Waals surface area contributed by atoms with E-state index in [1.165, 1.54) is 3.57 Å². The van der Waals surface area contributed by atoms with E-state index >= 15 is 0 Å². The van der Waals surface area contributed by atoms with Crippen LogP contribution in [0.3, 0.4) is 0 Å². The fourth-order valence-corrected chi connectivity index (χ4v) is 2.85. The van der Waals surface area contributed by atoms with Gasteiger partial charge < -0.3 is 10.6 Å². The van der Waals surface area contributed by atoms with Crippen molar-refractivity contribution in [3.8, 4) is 0 Å². The van der Waals surface area contributed by atoms with Crippen LogP contribution in [0.25, 0.3) is 0 Å². The molecule has 0 spiro atoms. The Morgan fingerprint density at radius 1 is 1.33 bits per heavy atom. The smallest absolute Gasteiger partial charge is 0.0650 e. The molecular formula is C11H14ClIN2. The first-order valence-corrected chi connectivity index (χ1v) is 6.58. The first-order chi connectivity index (χ1) is 7.16. The lowest BCUT2D eigenvalue weighted by molar-refractivity contribution is 0.501. The van der Waals surface area contributed by atoms with E-state index in [2.05, 4.69) is 39.6 Å². The van der Waals surface area contributed by atoms with Gasteiger partial charge in [0.2, 0.25) is 0 Å². The van der Waals surface area contributed by atoms with E-state index in [1.807, 2.05) is 6.07 Å². The summed E-state index contributed by atoms with van der Waals surface area (Å²) in [5, 5.41) is 0.845. The largest absolute Gasteiger partial charge is 0.370 e. The number of hydrogen-bond donors (Lipinski definition) is 1. The van der Waals surface area contributed by atoms with Gasteiger partial charge in [-0.15, -0.1) is 0 Å². The van der Waals surface area contributed by atoms with Crippen molar-refractivity contribution < 1.29 is 0 Å². The number of piperidine rings is 1. The van der Waals surface area contributed by atoms with E-state index < -0.39 is 0 Å². The summed E-state index contributed by atoms with van der Waals surface area (Å²) < 4.78 is 1.18. The van der Waals surface area contributed by atoms with Gasteiger partial charge in [0.15, 0.2) is 0 Å². The molecule has 1 aliphatic rings. The first kappa shape index (κ1) is 11.5. The minimum atomic E-state index is 0.365. The highest BCUT2D eigenvalue weighted by molar-refractivity contribution is 14.1. The molecule has 1 saturated heterocycles. The molecular weight excluding hydrogens is 322 g/mol. The van der Waals surface area contributed by atoms with Crippen LogP contribution in [0.15, 0.2) is 18.2 Å². The third kappa shape index (κ3) is 2.77. The molecule has 2 rings (SSSR count). The van der Waals surface area contributed by atoms with Gasteiger partial charge in [0, 0.05) is 22.7 Å². The van der Waals surface area contributed by atoms with E-state index in [0.717, 1.165) is 36.6 Å². The summed E-state index contributed by atoms with van der Waals surface area (Å²) in [6.07, 6.45) is 2.12. The average Bonchev–Trinajstić information content (AvgIpc) is 2.20. The molecule has 1 aromatic carbocycles. The van der Waals surface area contributed by atoms with Crippen LogP contribution in [0.1, 0.15) is 12.8 Å². The maximum Gasteiger partial charge on any atom is 0.0650 e. The van der Waals surface area contributed by atoms with Crippen molar-refractivity contribution in [3.63, 3.8) is 0 Å². The summed E-state index contributed by atoms with van der Waals surface area (Å²) in [5.74, 6) is 0. The van der Waals surface area contributed by atoms with Gasteiger partial charge in [0.1, 0.15) is 0 Å². The number of nitrogens with two attached hydrogens (primary N) is 1. The van der Waals surface area contributed by atoms with Gasteiger partial charge in [0.05, 0.1) is 10.7 Å². The maximum atomic E-state index is 6.22. The second-order valence-electron chi connectivity index (χ2n) is 3.92. The highest BCUT2D eigenvalue weighted by atomic mass is 127. The van der Waals surface area contributed by atoms with Crippen LogP contribution >= 0.6 is 34.2 Å². The summed E-state index contributed by atoms with van der Waals surface area (Å²) in [6.45, 7) is 2.03. The summed E-state index contributed by atoms with van der Waals surface area (Å²) in [5.41, 5.74) is 7.02. The Morgan fingerprint density at radius 3 is 2.60 bits per heavy atom. The van der Waals surface area contributed by atoms with Crippen LogP contribution in [-0.4, -0.2) is 19.1 Å². The zero-order chi connectivity index (χ0) is 10.8. The quantitative estimate of drug-likeness (QED) is 0.799. The Morgan fingerprint density at radius 2 is 2.00 bits per heavy atom. The molecule has 15 heavy (non-hydrogen) atoms. The number of halogens is 2. The van der Waals surface area contributed by atoms with Gasteiger partial charge in [-0.25, -0.2) is 0 Å². The SMILES string of the molecule is NC1CCN(c2ccc(I)cc2Cl)CC1. The molecule has 0 unspecified atom stereocenters. The van der Waals surface area contributed by atoms with E-state index in [4.69, 9.17) is 17.3 Å². The van der Waals surface area contributed by atoms with Gasteiger partial charge in [-0.1, -0.05) is 11.6 Å². The third-order valence-corrected chi connectivity index (χ3v) is 3.76. The van der Waals surface area contributed by atoms with Crippen LogP contribution < -0.4 is 10.6 Å². The predicted molar refractivity (Wildman–Crippen MR) is 73.6 cm³/mol. The molecule has 0 aliphatic carbocycles. The predicted octanol–water partition coefficient (Wildman–Crippen LogP) is 2.87. The first-order valence-electron chi connectivity index (χ1n) is 5.12. The van der Waals surface area contributed by atoms with Crippen molar-refractivity contribution >= 4 is 39.9 Å². The molecule has 4 heteroatoms. The fraction of sp³-hybridized carbons (Fsp3) is 0.455. The van der Waals surface area contributed by atoms with Crippen molar-refractivity contribution in [2.24, 2.45) is 5.73 Å². The van der Waals surface area contributed by atoms with Crippen LogP contribution in [0.2, 0.25) is 5.02 Å². The molecule has 1 aromatic rings. The van der Waals surface area contributed by atoms with Crippen LogP contribution in [0, 0.1) is 3.57 Å². The summed E-state index contributed by atoms with van der Waals surface area (Å²) in [6, 6.07) is 6.56. The standard InChI is InChI=1S/C11H14ClIN2/c12-10-7-8(13)1-2-11(10)15-5-3-9(14)4-6-15/h1-2,7,9H,3-6,14H2. The molecule has 1 aliphatic heterocycles. The zero-order valence-corrected chi connectivity index (χ0v) is 11.3. The monoisotopic (exact) mass is 336 g/mol. The Labute approximate surface area is 109 Å². The number of nitrogens with zero attached hydrogens (tertiary/aromatic N) is 1. The lowest BCUT2D eigenvalue weighted by Crippen LogP contribution is -2.39. The Hall–Kier alpha value is -0.0000000000000000555. The van der Waals surface area contributed by atoms with Crippen molar-refractivity contribution in [2.75, 3.05) is 18.0 Å². The Bertz CT molecular complexity index is 348. The molecule has 82 valence electrons. The van der Waals surface area contributed by atoms with Crippen LogP contribution in [0.5, 0.6) is 0 Å². The molecule has 0 saturated carbocycles. The summed E-state index contributed by atoms with van der Waals surface area (Å²) in [7, 11) is 0. The van der Waals surface area contributed by atoms with Gasteiger partial charge in [-0.05, 0) is 53.6 Å². The minimum absolute atomic E-state index is 0.365. The summed E-state index contributed by atoms with van der Waals surface area (Å²) in [4.78, 5) is 2.32. The van der Waals surface area contributed by atoms with Crippen molar-refractivity contribution in [1.29, 1.82) is 0 Å². The molecule has 0 aromatic heterocycles. The molecule has 0 amide bonds. The van der Waals surface area contributed by atoms with E-state index in [1.54, 1.807) is 0 Å². The third-order valence-electron chi connectivity index (χ3n) is 2.79. The molecule has 2 N–H and O–H groups in total. The highest BCUT2D eigenvalue weighted by Gasteiger charge is 2.17. The van der Waals surface area contributed by atoms with E-state index in [9.17, 15) is 0 Å². The average molecular weight is 337 g/mol. The van der Waals surface area contributed by atoms with Crippen molar-refractivity contribution in [1.82, 2.24) is 0 Å². The van der Waals surface area contributed by atoms with Crippen LogP contribution in [0.4, 0.5) is 5.69 Å². The molecule has 0 radical (unpaired) electrons. The second-order valence-corrected chi connectivity index (χ2v) is 5.57. The molecule has 1 heterocycles. The molecule has 0 bridgehead atoms. The molecule has 0 atom stereocenters. The fourth-order valence-electron chi connectivity index (χ4n) is 1.88. The van der Waals surface area contributed by atoms with Gasteiger partial charge in [-0.2, -0.15) is 0 Å². The lowest BCUT2D eigenvalue weighted by atomic mass is 10.1. The number of hydrogen-bond acceptors (Lipinski definition) is 2. The van der Waals surface area contributed by atoms with Crippen molar-refractivity contribution in [2.45, 2.75) is 18.9 Å². The van der Waals surface area contributed by atoms with Gasteiger partial charge in [0.25, 0.3) is 0 Å². The van der Waals surface area contributed by atoms with Gasteiger partial charge >= 0.3 is 0 Å². The Balaban J connectivity index is 2.15. The molecule has 1 fully saturated rings. The minimum Gasteiger partial charge on any atom is -0.370 e. The normalized spacial score (nSPS) is 18.2. The highest BCUT2D eigenvalue weighted by Crippen LogP contribution is 2.29. The number of rotatable bonds is 1. The van der Waals surface area contributed by atoms with E-state index in [0.29, 0.717) is 6.04 Å². The topological polar surface area (TPSA) is 29.3 Å². The maximum absolute atomic E-state index is 6.22. The second kappa shape index (κ2) is 4.89. The number of anilines is 1. The van der Waals surface area contributed by atoms with Crippen LogP contribution in [-0.2, 0) is 0 Å².